The minimum atomic E-state index is 0. The minimum absolute atomic E-state index is 0. The molecule has 1 nitrogen and oxygen atoms in total. The highest BCUT2D eigenvalue weighted by Gasteiger charge is 2.05. The maximum absolute atomic E-state index is 5.88. The predicted octanol–water partition coefficient (Wildman–Crippen LogP) is 3.14. The van der Waals surface area contributed by atoms with Crippen molar-refractivity contribution in [2.75, 3.05) is 0 Å². The lowest BCUT2D eigenvalue weighted by Gasteiger charge is -2.13. The molecule has 0 aromatic carbocycles. The van der Waals surface area contributed by atoms with E-state index in [4.69, 9.17) is 5.73 Å². The van der Waals surface area contributed by atoms with Crippen LogP contribution in [0.5, 0.6) is 0 Å². The van der Waals surface area contributed by atoms with E-state index in [2.05, 4.69) is 32.9 Å². The van der Waals surface area contributed by atoms with Crippen molar-refractivity contribution < 1.29 is 0 Å². The maximum Gasteiger partial charge on any atom is 0.0249 e. The second kappa shape index (κ2) is 9.08. The normalized spacial score (nSPS) is 15.7. The molecule has 2 heteroatoms. The molecule has 0 spiro atoms. The van der Waals surface area contributed by atoms with Gasteiger partial charge in [0.2, 0.25) is 0 Å². The van der Waals surface area contributed by atoms with Crippen LogP contribution in [0.15, 0.2) is 12.2 Å². The highest BCUT2D eigenvalue weighted by molar-refractivity contribution is 5.85. The van der Waals surface area contributed by atoms with Gasteiger partial charge in [-0.25, -0.2) is 0 Å². The van der Waals surface area contributed by atoms with E-state index < -0.39 is 0 Å². The molecule has 0 unspecified atom stereocenters. The molecule has 0 saturated carbocycles. The standard InChI is InChI=1S/C10H21N.ClH/c1-4-6-7-8-10(11)9(3)5-2;/h7-10H,4-6,11H2,1-3H3;1H/b8-7-;/t9-,10+;/m0./s1. The fourth-order valence-corrected chi connectivity index (χ4v) is 0.882. The molecular weight excluding hydrogens is 170 g/mol. The summed E-state index contributed by atoms with van der Waals surface area (Å²) in [6.07, 6.45) is 7.86. The summed E-state index contributed by atoms with van der Waals surface area (Å²) < 4.78 is 0. The molecule has 2 atom stereocenters. The largest absolute Gasteiger partial charge is 0.324 e. The molecule has 0 radical (unpaired) electrons. The zero-order valence-corrected chi connectivity index (χ0v) is 9.23. The lowest BCUT2D eigenvalue weighted by atomic mass is 9.99. The van der Waals surface area contributed by atoms with Crippen molar-refractivity contribution in [3.05, 3.63) is 12.2 Å². The molecule has 0 aliphatic carbocycles. The first-order valence-corrected chi connectivity index (χ1v) is 4.64. The summed E-state index contributed by atoms with van der Waals surface area (Å²) >= 11 is 0. The SMILES string of the molecule is CCC/C=C\[C@@H](N)[C@@H](C)CC.Cl. The first-order chi connectivity index (χ1) is 5.22. The van der Waals surface area contributed by atoms with Crippen molar-refractivity contribution in [1.82, 2.24) is 0 Å². The fourth-order valence-electron chi connectivity index (χ4n) is 0.882. The minimum Gasteiger partial charge on any atom is -0.324 e. The third-order valence-corrected chi connectivity index (χ3v) is 2.11. The molecule has 0 aromatic heterocycles. The smallest absolute Gasteiger partial charge is 0.0249 e. The Labute approximate surface area is 82.8 Å². The van der Waals surface area contributed by atoms with E-state index in [-0.39, 0.29) is 18.4 Å². The van der Waals surface area contributed by atoms with E-state index in [1.54, 1.807) is 0 Å². The molecule has 0 heterocycles. The van der Waals surface area contributed by atoms with E-state index in [1.807, 2.05) is 0 Å². The molecule has 0 aliphatic heterocycles. The summed E-state index contributed by atoms with van der Waals surface area (Å²) in [6.45, 7) is 6.55. The van der Waals surface area contributed by atoms with Gasteiger partial charge in [0, 0.05) is 6.04 Å². The van der Waals surface area contributed by atoms with Crippen molar-refractivity contribution in [3.8, 4) is 0 Å². The van der Waals surface area contributed by atoms with Crippen molar-refractivity contribution in [1.29, 1.82) is 0 Å². The summed E-state index contributed by atoms with van der Waals surface area (Å²) in [6, 6.07) is 0.256. The molecule has 0 fully saturated rings. The molecule has 0 bridgehead atoms. The third kappa shape index (κ3) is 6.68. The Bertz CT molecular complexity index is 112. The van der Waals surface area contributed by atoms with Gasteiger partial charge in [0.25, 0.3) is 0 Å². The molecule has 0 saturated heterocycles. The molecule has 0 aliphatic rings. The van der Waals surface area contributed by atoms with Crippen LogP contribution in [-0.4, -0.2) is 6.04 Å². The predicted molar refractivity (Wildman–Crippen MR) is 58.7 cm³/mol. The molecule has 0 aromatic rings. The quantitative estimate of drug-likeness (QED) is 0.664. The van der Waals surface area contributed by atoms with E-state index >= 15 is 0 Å². The van der Waals surface area contributed by atoms with Gasteiger partial charge in [-0.2, -0.15) is 0 Å². The number of unbranched alkanes of at least 4 members (excludes halogenated alkanes) is 1. The lowest BCUT2D eigenvalue weighted by molar-refractivity contribution is 0.502. The number of hydrogen-bond donors (Lipinski definition) is 1. The van der Waals surface area contributed by atoms with Crippen LogP contribution in [0.3, 0.4) is 0 Å². The van der Waals surface area contributed by atoms with Gasteiger partial charge in [0.1, 0.15) is 0 Å². The molecule has 0 amide bonds. The Hall–Kier alpha value is -0.0100. The summed E-state index contributed by atoms with van der Waals surface area (Å²) in [4.78, 5) is 0. The van der Waals surface area contributed by atoms with E-state index in [0.717, 1.165) is 12.8 Å². The van der Waals surface area contributed by atoms with E-state index in [1.165, 1.54) is 6.42 Å². The van der Waals surface area contributed by atoms with Crippen LogP contribution in [0.2, 0.25) is 0 Å². The average Bonchev–Trinajstić information content (AvgIpc) is 2.03. The van der Waals surface area contributed by atoms with Crippen molar-refractivity contribution in [2.24, 2.45) is 11.7 Å². The van der Waals surface area contributed by atoms with Crippen LogP contribution >= 0.6 is 12.4 Å². The Morgan fingerprint density at radius 3 is 2.33 bits per heavy atom. The first-order valence-electron chi connectivity index (χ1n) is 4.64. The second-order valence-electron chi connectivity index (χ2n) is 3.18. The van der Waals surface area contributed by atoms with E-state index in [0.29, 0.717) is 5.92 Å². The van der Waals surface area contributed by atoms with Gasteiger partial charge < -0.3 is 5.73 Å². The van der Waals surface area contributed by atoms with Crippen LogP contribution in [0.25, 0.3) is 0 Å². The zero-order chi connectivity index (χ0) is 8.69. The van der Waals surface area contributed by atoms with Crippen LogP contribution in [0, 0.1) is 5.92 Å². The Morgan fingerprint density at radius 2 is 1.92 bits per heavy atom. The summed E-state index contributed by atoms with van der Waals surface area (Å²) in [5, 5.41) is 0. The van der Waals surface area contributed by atoms with Gasteiger partial charge in [-0.15, -0.1) is 12.4 Å². The van der Waals surface area contributed by atoms with Crippen molar-refractivity contribution >= 4 is 12.4 Å². The van der Waals surface area contributed by atoms with Gasteiger partial charge in [-0.1, -0.05) is 45.8 Å². The highest BCUT2D eigenvalue weighted by atomic mass is 35.5. The van der Waals surface area contributed by atoms with Crippen LogP contribution in [-0.2, 0) is 0 Å². The summed E-state index contributed by atoms with van der Waals surface area (Å²) in [5.41, 5.74) is 5.88. The molecule has 12 heavy (non-hydrogen) atoms. The molecule has 74 valence electrons. The number of allylic oxidation sites excluding steroid dienone is 1. The Balaban J connectivity index is 0. The van der Waals surface area contributed by atoms with Crippen molar-refractivity contribution in [2.45, 2.75) is 46.1 Å². The van der Waals surface area contributed by atoms with Crippen LogP contribution in [0.4, 0.5) is 0 Å². The number of hydrogen-bond acceptors (Lipinski definition) is 1. The molecular formula is C10H22ClN. The van der Waals surface area contributed by atoms with Gasteiger partial charge >= 0.3 is 0 Å². The third-order valence-electron chi connectivity index (χ3n) is 2.11. The maximum atomic E-state index is 5.88. The second-order valence-corrected chi connectivity index (χ2v) is 3.18. The van der Waals surface area contributed by atoms with Gasteiger partial charge in [0.15, 0.2) is 0 Å². The zero-order valence-electron chi connectivity index (χ0n) is 8.42. The summed E-state index contributed by atoms with van der Waals surface area (Å²) in [5.74, 6) is 0.614. The summed E-state index contributed by atoms with van der Waals surface area (Å²) in [7, 11) is 0. The van der Waals surface area contributed by atoms with Gasteiger partial charge in [-0.3, -0.25) is 0 Å². The number of halogens is 1. The number of rotatable bonds is 5. The fraction of sp³-hybridized carbons (Fsp3) is 0.800. The van der Waals surface area contributed by atoms with Gasteiger partial charge in [-0.05, 0) is 12.3 Å². The van der Waals surface area contributed by atoms with E-state index in [9.17, 15) is 0 Å². The van der Waals surface area contributed by atoms with Crippen molar-refractivity contribution in [3.63, 3.8) is 0 Å². The topological polar surface area (TPSA) is 26.0 Å². The first kappa shape index (κ1) is 14.5. The highest BCUT2D eigenvalue weighted by Crippen LogP contribution is 2.06. The Morgan fingerprint density at radius 1 is 1.33 bits per heavy atom. The molecule has 2 N–H and O–H groups in total. The van der Waals surface area contributed by atoms with Gasteiger partial charge in [0.05, 0.1) is 0 Å². The average molecular weight is 192 g/mol. The van der Waals surface area contributed by atoms with Crippen LogP contribution < -0.4 is 5.73 Å². The number of nitrogens with two attached hydrogens (primary N) is 1. The van der Waals surface area contributed by atoms with Crippen LogP contribution in [0.1, 0.15) is 40.0 Å². The Kier molecular flexibility index (Phi) is 11.0. The monoisotopic (exact) mass is 191 g/mol. The molecule has 0 rings (SSSR count). The lowest BCUT2D eigenvalue weighted by Crippen LogP contribution is -2.25.